The largest absolute Gasteiger partial charge is 0.418 e. The Morgan fingerprint density at radius 1 is 1.33 bits per heavy atom. The highest BCUT2D eigenvalue weighted by Gasteiger charge is 2.33. The van der Waals surface area contributed by atoms with Gasteiger partial charge < -0.3 is 5.32 Å². The summed E-state index contributed by atoms with van der Waals surface area (Å²) in [6.45, 7) is 0.191. The summed E-state index contributed by atoms with van der Waals surface area (Å²) in [6, 6.07) is 2.97. The third kappa shape index (κ3) is 4.30. The molecule has 1 amide bonds. The van der Waals surface area contributed by atoms with E-state index in [4.69, 9.17) is 0 Å². The molecule has 0 fully saturated rings. The van der Waals surface area contributed by atoms with Crippen LogP contribution in [-0.2, 0) is 24.1 Å². The highest BCUT2D eigenvalue weighted by atomic mass is 19.4. The van der Waals surface area contributed by atoms with Gasteiger partial charge in [0.2, 0.25) is 5.91 Å². The lowest BCUT2D eigenvalue weighted by atomic mass is 10.1. The number of carbonyl (C=O) groups excluding carboxylic acids is 1. The van der Waals surface area contributed by atoms with Crippen LogP contribution in [0.25, 0.3) is 0 Å². The van der Waals surface area contributed by atoms with Gasteiger partial charge in [0.05, 0.1) is 5.56 Å². The molecule has 0 spiro atoms. The van der Waals surface area contributed by atoms with Crippen LogP contribution in [0.4, 0.5) is 13.2 Å². The van der Waals surface area contributed by atoms with Gasteiger partial charge in [0.1, 0.15) is 0 Å². The molecule has 2 heterocycles. The van der Waals surface area contributed by atoms with E-state index in [0.717, 1.165) is 6.20 Å². The van der Waals surface area contributed by atoms with Crippen molar-refractivity contribution in [1.29, 1.82) is 0 Å². The number of nitrogens with zero attached hydrogens (tertiary/aromatic N) is 3. The SMILES string of the molecule is O=C(CCn1cccn1)NCc1ccncc1C(F)(F)F. The van der Waals surface area contributed by atoms with Crippen LogP contribution < -0.4 is 5.32 Å². The monoisotopic (exact) mass is 298 g/mol. The fourth-order valence-corrected chi connectivity index (χ4v) is 1.76. The first-order chi connectivity index (χ1) is 9.97. The summed E-state index contributed by atoms with van der Waals surface area (Å²) in [7, 11) is 0. The van der Waals surface area contributed by atoms with E-state index >= 15 is 0 Å². The lowest BCUT2D eigenvalue weighted by Gasteiger charge is -2.12. The third-order valence-corrected chi connectivity index (χ3v) is 2.82. The Hall–Kier alpha value is -2.38. The molecule has 2 aromatic rings. The van der Waals surface area contributed by atoms with Crippen molar-refractivity contribution in [3.63, 3.8) is 0 Å². The van der Waals surface area contributed by atoms with Gasteiger partial charge in [-0.2, -0.15) is 18.3 Å². The Balaban J connectivity index is 1.89. The average Bonchev–Trinajstić information content (AvgIpc) is 2.95. The van der Waals surface area contributed by atoms with Crippen molar-refractivity contribution in [2.45, 2.75) is 25.7 Å². The predicted molar refractivity (Wildman–Crippen MR) is 67.9 cm³/mol. The van der Waals surface area contributed by atoms with E-state index in [1.807, 2.05) is 0 Å². The fraction of sp³-hybridized carbons (Fsp3) is 0.308. The van der Waals surface area contributed by atoms with Crippen LogP contribution in [0.15, 0.2) is 36.9 Å². The number of aryl methyl sites for hydroxylation is 1. The number of halogens is 3. The molecule has 0 saturated carbocycles. The number of rotatable bonds is 5. The van der Waals surface area contributed by atoms with Gasteiger partial charge in [0.15, 0.2) is 0 Å². The van der Waals surface area contributed by atoms with Gasteiger partial charge in [0, 0.05) is 44.3 Å². The second-order valence-corrected chi connectivity index (χ2v) is 4.33. The summed E-state index contributed by atoms with van der Waals surface area (Å²) >= 11 is 0. The van der Waals surface area contributed by atoms with E-state index in [9.17, 15) is 18.0 Å². The molecule has 0 aliphatic heterocycles. The molecule has 0 radical (unpaired) electrons. The van der Waals surface area contributed by atoms with Crippen molar-refractivity contribution in [3.8, 4) is 0 Å². The molecular weight excluding hydrogens is 285 g/mol. The van der Waals surface area contributed by atoms with E-state index in [1.54, 1.807) is 23.1 Å². The molecule has 1 N–H and O–H groups in total. The van der Waals surface area contributed by atoms with Crippen molar-refractivity contribution in [3.05, 3.63) is 48.0 Å². The van der Waals surface area contributed by atoms with Gasteiger partial charge in [-0.05, 0) is 17.7 Å². The second-order valence-electron chi connectivity index (χ2n) is 4.33. The van der Waals surface area contributed by atoms with Crippen LogP contribution >= 0.6 is 0 Å². The molecule has 2 rings (SSSR count). The molecule has 0 aliphatic rings. The van der Waals surface area contributed by atoms with Crippen molar-refractivity contribution in [2.24, 2.45) is 0 Å². The zero-order valence-electron chi connectivity index (χ0n) is 11.0. The van der Waals surface area contributed by atoms with Gasteiger partial charge >= 0.3 is 6.18 Å². The van der Waals surface area contributed by atoms with E-state index in [0.29, 0.717) is 6.54 Å². The maximum Gasteiger partial charge on any atom is 0.418 e. The van der Waals surface area contributed by atoms with Crippen LogP contribution in [0, 0.1) is 0 Å². The third-order valence-electron chi connectivity index (χ3n) is 2.82. The van der Waals surface area contributed by atoms with Gasteiger partial charge in [-0.3, -0.25) is 14.5 Å². The fourth-order valence-electron chi connectivity index (χ4n) is 1.76. The summed E-state index contributed by atoms with van der Waals surface area (Å²) in [5.41, 5.74) is -0.845. The quantitative estimate of drug-likeness (QED) is 0.918. The second kappa shape index (κ2) is 6.38. The first-order valence-corrected chi connectivity index (χ1v) is 6.21. The Labute approximate surface area is 118 Å². The van der Waals surface area contributed by atoms with E-state index in [1.165, 1.54) is 12.3 Å². The number of alkyl halides is 3. The number of hydrogen-bond acceptors (Lipinski definition) is 3. The summed E-state index contributed by atoms with van der Waals surface area (Å²) < 4.78 is 39.8. The Morgan fingerprint density at radius 3 is 2.81 bits per heavy atom. The zero-order chi connectivity index (χ0) is 15.3. The molecule has 21 heavy (non-hydrogen) atoms. The molecule has 8 heteroatoms. The first-order valence-electron chi connectivity index (χ1n) is 6.21. The highest BCUT2D eigenvalue weighted by Crippen LogP contribution is 2.31. The highest BCUT2D eigenvalue weighted by molar-refractivity contribution is 5.75. The van der Waals surface area contributed by atoms with Crippen molar-refractivity contribution < 1.29 is 18.0 Å². The smallest absolute Gasteiger partial charge is 0.352 e. The maximum absolute atomic E-state index is 12.7. The first kappa shape index (κ1) is 15.0. The minimum Gasteiger partial charge on any atom is -0.352 e. The lowest BCUT2D eigenvalue weighted by molar-refractivity contribution is -0.138. The molecular formula is C13H13F3N4O. The summed E-state index contributed by atoms with van der Waals surface area (Å²) in [4.78, 5) is 15.1. The van der Waals surface area contributed by atoms with E-state index in [-0.39, 0.29) is 24.4 Å². The van der Waals surface area contributed by atoms with Gasteiger partial charge in [-0.25, -0.2) is 0 Å². The van der Waals surface area contributed by atoms with Gasteiger partial charge in [-0.1, -0.05) is 0 Å². The number of hydrogen-bond donors (Lipinski definition) is 1. The molecule has 0 bridgehead atoms. The average molecular weight is 298 g/mol. The Bertz CT molecular complexity index is 596. The van der Waals surface area contributed by atoms with Crippen molar-refractivity contribution in [1.82, 2.24) is 20.1 Å². The van der Waals surface area contributed by atoms with E-state index in [2.05, 4.69) is 15.4 Å². The molecule has 112 valence electrons. The Morgan fingerprint density at radius 2 is 2.14 bits per heavy atom. The number of carbonyl (C=O) groups is 1. The maximum atomic E-state index is 12.7. The predicted octanol–water partition coefficient (Wildman–Crippen LogP) is 2.00. The summed E-state index contributed by atoms with van der Waals surface area (Å²) in [5.74, 6) is -0.338. The van der Waals surface area contributed by atoms with Crippen molar-refractivity contribution >= 4 is 5.91 Å². The molecule has 0 aromatic carbocycles. The number of aromatic nitrogens is 3. The van der Waals surface area contributed by atoms with Crippen molar-refractivity contribution in [2.75, 3.05) is 0 Å². The minimum absolute atomic E-state index is 0.00932. The number of nitrogens with one attached hydrogen (secondary N) is 1. The molecule has 5 nitrogen and oxygen atoms in total. The Kier molecular flexibility index (Phi) is 4.56. The summed E-state index contributed by atoms with van der Waals surface area (Å²) in [6.07, 6.45) is 0.978. The molecule has 0 atom stereocenters. The topological polar surface area (TPSA) is 59.8 Å². The van der Waals surface area contributed by atoms with Crippen LogP contribution in [0.2, 0.25) is 0 Å². The zero-order valence-corrected chi connectivity index (χ0v) is 11.0. The normalized spacial score (nSPS) is 11.4. The van der Waals surface area contributed by atoms with Crippen LogP contribution in [0.5, 0.6) is 0 Å². The molecule has 0 unspecified atom stereocenters. The van der Waals surface area contributed by atoms with Crippen LogP contribution in [0.1, 0.15) is 17.5 Å². The standard InChI is InChI=1S/C13H13F3N4O/c14-13(15,16)11-9-17-5-2-10(11)8-18-12(21)3-7-20-6-1-4-19-20/h1-2,4-6,9H,3,7-8H2,(H,18,21). The van der Waals surface area contributed by atoms with Gasteiger partial charge in [-0.15, -0.1) is 0 Å². The van der Waals surface area contributed by atoms with Crippen LogP contribution in [-0.4, -0.2) is 20.7 Å². The van der Waals surface area contributed by atoms with Gasteiger partial charge in [0.25, 0.3) is 0 Å². The number of amides is 1. The lowest BCUT2D eigenvalue weighted by Crippen LogP contribution is -2.25. The molecule has 2 aromatic heterocycles. The van der Waals surface area contributed by atoms with Crippen LogP contribution in [0.3, 0.4) is 0 Å². The molecule has 0 aliphatic carbocycles. The number of pyridine rings is 1. The minimum atomic E-state index is -4.48. The summed E-state index contributed by atoms with van der Waals surface area (Å²) in [5, 5.41) is 6.40. The van der Waals surface area contributed by atoms with E-state index < -0.39 is 11.7 Å². The molecule has 0 saturated heterocycles.